The Kier molecular flexibility index (Phi) is 3.27. The van der Waals surface area contributed by atoms with E-state index in [1.54, 1.807) is 0 Å². The van der Waals surface area contributed by atoms with Crippen LogP contribution in [0.3, 0.4) is 0 Å². The second-order valence-electron chi connectivity index (χ2n) is 7.63. The number of hydrogen-bond donors (Lipinski definition) is 2. The summed E-state index contributed by atoms with van der Waals surface area (Å²) in [6.07, 6.45) is 3.65. The van der Waals surface area contributed by atoms with E-state index in [0.29, 0.717) is 5.41 Å². The number of nitrogens with one attached hydrogen (secondary N) is 2. The second kappa shape index (κ2) is 4.75. The van der Waals surface area contributed by atoms with Crippen LogP contribution in [0.25, 0.3) is 0 Å². The van der Waals surface area contributed by atoms with Crippen molar-refractivity contribution in [2.45, 2.75) is 53.0 Å². The molecule has 2 fully saturated rings. The summed E-state index contributed by atoms with van der Waals surface area (Å²) in [4.78, 5) is 12.3. The van der Waals surface area contributed by atoms with Crippen molar-refractivity contribution in [3.8, 4) is 0 Å². The monoisotopic (exact) mass is 286 g/mol. The minimum atomic E-state index is -0.0755. The fourth-order valence-electron chi connectivity index (χ4n) is 4.38. The lowest BCUT2D eigenvalue weighted by Crippen LogP contribution is -2.48. The van der Waals surface area contributed by atoms with E-state index in [1.165, 1.54) is 18.4 Å². The Bertz CT molecular complexity index is 549. The van der Waals surface area contributed by atoms with Gasteiger partial charge in [0.15, 0.2) is 0 Å². The lowest BCUT2D eigenvalue weighted by atomic mass is 9.69. The first kappa shape index (κ1) is 14.4. The van der Waals surface area contributed by atoms with Gasteiger partial charge in [-0.3, -0.25) is 0 Å². The average molecular weight is 286 g/mol. The van der Waals surface area contributed by atoms with Gasteiger partial charge >= 0.3 is 6.03 Å². The molecule has 0 radical (unpaired) electrons. The number of urea groups is 1. The van der Waals surface area contributed by atoms with Crippen molar-refractivity contribution in [1.29, 1.82) is 0 Å². The van der Waals surface area contributed by atoms with E-state index in [4.69, 9.17) is 0 Å². The van der Waals surface area contributed by atoms with Crippen molar-refractivity contribution in [1.82, 2.24) is 5.32 Å². The predicted octanol–water partition coefficient (Wildman–Crippen LogP) is 4.33. The predicted molar refractivity (Wildman–Crippen MR) is 86.4 cm³/mol. The van der Waals surface area contributed by atoms with Crippen LogP contribution in [-0.4, -0.2) is 12.1 Å². The molecule has 2 amide bonds. The molecule has 2 saturated carbocycles. The summed E-state index contributed by atoms with van der Waals surface area (Å²) in [6, 6.07) is 8.13. The molecule has 0 aromatic heterocycles. The number of benzene rings is 1. The highest BCUT2D eigenvalue weighted by Gasteiger charge is 2.61. The third-order valence-corrected chi connectivity index (χ3v) is 6.41. The molecule has 3 nitrogen and oxygen atoms in total. The Morgan fingerprint density at radius 2 is 1.86 bits per heavy atom. The zero-order chi connectivity index (χ0) is 15.3. The fraction of sp³-hybridized carbons (Fsp3) is 0.611. The Morgan fingerprint density at radius 1 is 1.19 bits per heavy atom. The molecule has 3 heteroatoms. The van der Waals surface area contributed by atoms with Crippen LogP contribution in [0.5, 0.6) is 0 Å². The zero-order valence-electron chi connectivity index (χ0n) is 13.5. The molecular weight excluding hydrogens is 260 g/mol. The number of carbonyl (C=O) groups is 1. The van der Waals surface area contributed by atoms with Crippen LogP contribution in [0.1, 0.15) is 45.6 Å². The molecule has 114 valence electrons. The number of amides is 2. The number of anilines is 1. The maximum atomic E-state index is 12.3. The molecule has 3 rings (SSSR count). The fourth-order valence-corrected chi connectivity index (χ4v) is 4.38. The maximum Gasteiger partial charge on any atom is 0.319 e. The molecule has 2 bridgehead atoms. The van der Waals surface area contributed by atoms with Crippen LogP contribution in [0, 0.1) is 23.7 Å². The highest BCUT2D eigenvalue weighted by molar-refractivity contribution is 5.89. The van der Waals surface area contributed by atoms with E-state index in [1.807, 2.05) is 31.2 Å². The third-order valence-electron chi connectivity index (χ3n) is 6.41. The standard InChI is InChI=1S/C18H26N2O/c1-12-5-7-14(8-6-12)19-16(21)20-15-11-13-9-10-18(15,4)17(13,2)3/h5-8,13,15H,9-11H2,1-4H3,(H2,19,20,21)/t13-,15-,18+/m1/s1. The van der Waals surface area contributed by atoms with E-state index in [0.717, 1.165) is 18.0 Å². The SMILES string of the molecule is Cc1ccc(NC(=O)N[C@@H]2C[C@H]3CC[C@]2(C)C3(C)C)cc1. The molecule has 1 aromatic carbocycles. The van der Waals surface area contributed by atoms with Gasteiger partial charge < -0.3 is 10.6 Å². The topological polar surface area (TPSA) is 41.1 Å². The molecule has 2 aliphatic carbocycles. The van der Waals surface area contributed by atoms with Gasteiger partial charge in [0.25, 0.3) is 0 Å². The van der Waals surface area contributed by atoms with Crippen molar-refractivity contribution in [3.63, 3.8) is 0 Å². The van der Waals surface area contributed by atoms with E-state index in [9.17, 15) is 4.79 Å². The smallest absolute Gasteiger partial charge is 0.319 e. The van der Waals surface area contributed by atoms with Crippen LogP contribution >= 0.6 is 0 Å². The number of rotatable bonds is 2. The molecule has 1 aromatic rings. The van der Waals surface area contributed by atoms with E-state index >= 15 is 0 Å². The Balaban J connectivity index is 1.65. The van der Waals surface area contributed by atoms with Gasteiger partial charge in [0.1, 0.15) is 0 Å². The van der Waals surface area contributed by atoms with Crippen molar-refractivity contribution >= 4 is 11.7 Å². The van der Waals surface area contributed by atoms with Gasteiger partial charge in [0.2, 0.25) is 0 Å². The third kappa shape index (κ3) is 2.23. The van der Waals surface area contributed by atoms with Gasteiger partial charge in [-0.15, -0.1) is 0 Å². The van der Waals surface area contributed by atoms with Crippen molar-refractivity contribution in [3.05, 3.63) is 29.8 Å². The first-order valence-corrected chi connectivity index (χ1v) is 7.97. The molecule has 2 aliphatic rings. The zero-order valence-corrected chi connectivity index (χ0v) is 13.5. The molecule has 0 saturated heterocycles. The van der Waals surface area contributed by atoms with Gasteiger partial charge in [-0.05, 0) is 55.1 Å². The first-order chi connectivity index (χ1) is 9.83. The maximum absolute atomic E-state index is 12.3. The van der Waals surface area contributed by atoms with Crippen LogP contribution in [0.2, 0.25) is 0 Å². The first-order valence-electron chi connectivity index (χ1n) is 7.97. The van der Waals surface area contributed by atoms with Crippen LogP contribution in [0.4, 0.5) is 10.5 Å². The van der Waals surface area contributed by atoms with Crippen LogP contribution < -0.4 is 10.6 Å². The molecule has 0 heterocycles. The highest BCUT2D eigenvalue weighted by Crippen LogP contribution is 2.65. The second-order valence-corrected chi connectivity index (χ2v) is 7.63. The summed E-state index contributed by atoms with van der Waals surface area (Å²) in [5, 5.41) is 6.17. The Hall–Kier alpha value is -1.51. The van der Waals surface area contributed by atoms with Gasteiger partial charge in [0, 0.05) is 11.7 Å². The van der Waals surface area contributed by atoms with Crippen LogP contribution in [-0.2, 0) is 0 Å². The molecule has 0 spiro atoms. The molecule has 21 heavy (non-hydrogen) atoms. The molecule has 3 atom stereocenters. The van der Waals surface area contributed by atoms with Gasteiger partial charge in [-0.1, -0.05) is 38.5 Å². The quantitative estimate of drug-likeness (QED) is 0.834. The molecule has 2 N–H and O–H groups in total. The summed E-state index contributed by atoms with van der Waals surface area (Å²) in [6.45, 7) is 9.12. The highest BCUT2D eigenvalue weighted by atomic mass is 16.2. The molecule has 0 aliphatic heterocycles. The minimum Gasteiger partial charge on any atom is -0.335 e. The normalized spacial score (nSPS) is 33.0. The molecule has 0 unspecified atom stereocenters. The van der Waals surface area contributed by atoms with Gasteiger partial charge in [-0.2, -0.15) is 0 Å². The lowest BCUT2D eigenvalue weighted by molar-refractivity contribution is 0.125. The van der Waals surface area contributed by atoms with Gasteiger partial charge in [0.05, 0.1) is 0 Å². The largest absolute Gasteiger partial charge is 0.335 e. The van der Waals surface area contributed by atoms with Crippen LogP contribution in [0.15, 0.2) is 24.3 Å². The molecular formula is C18H26N2O. The average Bonchev–Trinajstić information content (AvgIpc) is 2.74. The van der Waals surface area contributed by atoms with Gasteiger partial charge in [-0.25, -0.2) is 4.79 Å². The number of carbonyl (C=O) groups excluding carboxylic acids is 1. The Labute approximate surface area is 127 Å². The summed E-state index contributed by atoms with van der Waals surface area (Å²) in [7, 11) is 0. The van der Waals surface area contributed by atoms with E-state index in [2.05, 4.69) is 31.4 Å². The summed E-state index contributed by atoms with van der Waals surface area (Å²) < 4.78 is 0. The number of aryl methyl sites for hydroxylation is 1. The minimum absolute atomic E-state index is 0.0755. The summed E-state index contributed by atoms with van der Waals surface area (Å²) >= 11 is 0. The number of fused-ring (bicyclic) bond motifs is 2. The van der Waals surface area contributed by atoms with Crippen molar-refractivity contribution in [2.75, 3.05) is 5.32 Å². The van der Waals surface area contributed by atoms with Crippen molar-refractivity contribution < 1.29 is 4.79 Å². The summed E-state index contributed by atoms with van der Waals surface area (Å²) in [5.41, 5.74) is 2.60. The van der Waals surface area contributed by atoms with E-state index < -0.39 is 0 Å². The lowest BCUT2D eigenvalue weighted by Gasteiger charge is -2.39. The number of hydrogen-bond acceptors (Lipinski definition) is 1. The van der Waals surface area contributed by atoms with Crippen molar-refractivity contribution in [2.24, 2.45) is 16.7 Å². The van der Waals surface area contributed by atoms with E-state index in [-0.39, 0.29) is 17.5 Å². The Morgan fingerprint density at radius 3 is 2.38 bits per heavy atom. The summed E-state index contributed by atoms with van der Waals surface area (Å²) in [5.74, 6) is 0.743.